The number of pyridine rings is 1. The van der Waals surface area contributed by atoms with Gasteiger partial charge in [0.2, 0.25) is 0 Å². The van der Waals surface area contributed by atoms with Crippen LogP contribution >= 0.6 is 0 Å². The molecular weight excluding hydrogens is 217 g/mol. The summed E-state index contributed by atoms with van der Waals surface area (Å²) in [4.78, 5) is 5.80. The van der Waals surface area contributed by atoms with Crippen LogP contribution in [0.4, 0.5) is 19.0 Å². The van der Waals surface area contributed by atoms with E-state index in [-0.39, 0.29) is 13.0 Å². The van der Waals surface area contributed by atoms with E-state index in [1.165, 1.54) is 0 Å². The Kier molecular flexibility index (Phi) is 2.78. The number of anilines is 1. The Hall–Kier alpha value is -1.26. The fourth-order valence-electron chi connectivity index (χ4n) is 1.93. The van der Waals surface area contributed by atoms with Crippen molar-refractivity contribution in [1.82, 2.24) is 4.98 Å². The molecule has 2 nitrogen and oxygen atoms in total. The number of aryl methyl sites for hydroxylation is 1. The number of hydrogen-bond acceptors (Lipinski definition) is 2. The van der Waals surface area contributed by atoms with Gasteiger partial charge in [0.05, 0.1) is 5.92 Å². The van der Waals surface area contributed by atoms with Crippen LogP contribution in [0.1, 0.15) is 12.0 Å². The van der Waals surface area contributed by atoms with Crippen LogP contribution in [0.5, 0.6) is 0 Å². The predicted octanol–water partition coefficient (Wildman–Crippen LogP) is 2.78. The largest absolute Gasteiger partial charge is 0.393 e. The number of aromatic nitrogens is 1. The van der Waals surface area contributed by atoms with Crippen LogP contribution in [-0.2, 0) is 0 Å². The highest BCUT2D eigenvalue weighted by Crippen LogP contribution is 2.34. The molecular formula is C11H13F3N2. The monoisotopic (exact) mass is 230 g/mol. The van der Waals surface area contributed by atoms with Gasteiger partial charge in [0.1, 0.15) is 5.82 Å². The van der Waals surface area contributed by atoms with Gasteiger partial charge >= 0.3 is 6.18 Å². The van der Waals surface area contributed by atoms with Crippen molar-refractivity contribution >= 4 is 5.82 Å². The first-order chi connectivity index (χ1) is 7.47. The van der Waals surface area contributed by atoms with Gasteiger partial charge in [0.25, 0.3) is 0 Å². The fourth-order valence-corrected chi connectivity index (χ4v) is 1.93. The lowest BCUT2D eigenvalue weighted by Crippen LogP contribution is -2.27. The van der Waals surface area contributed by atoms with Crippen LogP contribution in [0.3, 0.4) is 0 Å². The Morgan fingerprint density at radius 1 is 1.44 bits per heavy atom. The first kappa shape index (κ1) is 11.2. The van der Waals surface area contributed by atoms with Gasteiger partial charge in [0, 0.05) is 19.3 Å². The molecule has 0 radical (unpaired) electrons. The highest BCUT2D eigenvalue weighted by Gasteiger charge is 2.43. The van der Waals surface area contributed by atoms with Gasteiger partial charge in [-0.3, -0.25) is 0 Å². The Morgan fingerprint density at radius 3 is 2.75 bits per heavy atom. The maximum Gasteiger partial charge on any atom is 0.393 e. The molecule has 1 atom stereocenters. The summed E-state index contributed by atoms with van der Waals surface area (Å²) < 4.78 is 37.4. The van der Waals surface area contributed by atoms with Crippen molar-refractivity contribution in [1.29, 1.82) is 0 Å². The van der Waals surface area contributed by atoms with E-state index in [2.05, 4.69) is 4.98 Å². The van der Waals surface area contributed by atoms with Gasteiger partial charge in [-0.1, -0.05) is 0 Å². The number of halogens is 3. The zero-order valence-corrected chi connectivity index (χ0v) is 8.96. The molecule has 0 N–H and O–H groups in total. The van der Waals surface area contributed by atoms with E-state index in [4.69, 9.17) is 0 Å². The SMILES string of the molecule is Cc1ccnc(N2CCC(C(F)(F)F)C2)c1. The minimum atomic E-state index is -4.08. The van der Waals surface area contributed by atoms with Gasteiger partial charge < -0.3 is 4.90 Å². The molecule has 0 spiro atoms. The van der Waals surface area contributed by atoms with Crippen molar-refractivity contribution in [3.05, 3.63) is 23.9 Å². The van der Waals surface area contributed by atoms with E-state index >= 15 is 0 Å². The Labute approximate surface area is 92.1 Å². The molecule has 1 unspecified atom stereocenters. The molecule has 1 aliphatic heterocycles. The van der Waals surface area contributed by atoms with Crippen LogP contribution in [0, 0.1) is 12.8 Å². The van der Waals surface area contributed by atoms with E-state index in [0.717, 1.165) is 5.56 Å². The number of alkyl halides is 3. The minimum absolute atomic E-state index is 0.0277. The van der Waals surface area contributed by atoms with E-state index in [9.17, 15) is 13.2 Å². The van der Waals surface area contributed by atoms with Gasteiger partial charge in [-0.15, -0.1) is 0 Å². The first-order valence-electron chi connectivity index (χ1n) is 5.21. The lowest BCUT2D eigenvalue weighted by molar-refractivity contribution is -0.168. The topological polar surface area (TPSA) is 16.1 Å². The van der Waals surface area contributed by atoms with E-state index in [1.807, 2.05) is 19.1 Å². The normalized spacial score (nSPS) is 21.5. The van der Waals surface area contributed by atoms with Gasteiger partial charge in [-0.05, 0) is 31.0 Å². The average molecular weight is 230 g/mol. The summed E-state index contributed by atoms with van der Waals surface area (Å²) in [7, 11) is 0. The molecule has 2 heterocycles. The molecule has 2 rings (SSSR count). The van der Waals surface area contributed by atoms with Crippen LogP contribution < -0.4 is 4.90 Å². The quantitative estimate of drug-likeness (QED) is 0.737. The lowest BCUT2D eigenvalue weighted by Gasteiger charge is -2.18. The summed E-state index contributed by atoms with van der Waals surface area (Å²) in [6, 6.07) is 3.65. The molecule has 0 aliphatic carbocycles. The molecule has 0 aromatic carbocycles. The smallest absolute Gasteiger partial charge is 0.356 e. The third-order valence-corrected chi connectivity index (χ3v) is 2.88. The molecule has 1 saturated heterocycles. The Balaban J connectivity index is 2.09. The summed E-state index contributed by atoms with van der Waals surface area (Å²) in [6.07, 6.45) is -2.29. The molecule has 88 valence electrons. The average Bonchev–Trinajstić information content (AvgIpc) is 2.65. The second-order valence-corrected chi connectivity index (χ2v) is 4.16. The van der Waals surface area contributed by atoms with Gasteiger partial charge in [0.15, 0.2) is 0 Å². The zero-order chi connectivity index (χ0) is 11.8. The fraction of sp³-hybridized carbons (Fsp3) is 0.545. The molecule has 1 aromatic heterocycles. The van der Waals surface area contributed by atoms with E-state index < -0.39 is 12.1 Å². The van der Waals surface area contributed by atoms with Crippen molar-refractivity contribution in [3.8, 4) is 0 Å². The molecule has 1 aliphatic rings. The standard InChI is InChI=1S/C11H13F3N2/c1-8-2-4-15-10(6-8)16-5-3-9(7-16)11(12,13)14/h2,4,6,9H,3,5,7H2,1H3. The van der Waals surface area contributed by atoms with Crippen molar-refractivity contribution < 1.29 is 13.2 Å². The van der Waals surface area contributed by atoms with Gasteiger partial charge in [-0.25, -0.2) is 4.98 Å². The second-order valence-electron chi connectivity index (χ2n) is 4.16. The highest BCUT2D eigenvalue weighted by molar-refractivity contribution is 5.41. The lowest BCUT2D eigenvalue weighted by atomic mass is 10.1. The summed E-state index contributed by atoms with van der Waals surface area (Å²) in [5.41, 5.74) is 1.01. The van der Waals surface area contributed by atoms with Crippen molar-refractivity contribution in [2.24, 2.45) is 5.92 Å². The predicted molar refractivity (Wildman–Crippen MR) is 55.3 cm³/mol. The number of rotatable bonds is 1. The van der Waals surface area contributed by atoms with Crippen LogP contribution in [0.25, 0.3) is 0 Å². The summed E-state index contributed by atoms with van der Waals surface area (Å²) in [5.74, 6) is -0.568. The van der Waals surface area contributed by atoms with E-state index in [0.29, 0.717) is 12.4 Å². The van der Waals surface area contributed by atoms with E-state index in [1.54, 1.807) is 11.1 Å². The van der Waals surface area contributed by atoms with Crippen molar-refractivity contribution in [2.45, 2.75) is 19.5 Å². The molecule has 16 heavy (non-hydrogen) atoms. The van der Waals surface area contributed by atoms with Crippen molar-refractivity contribution in [3.63, 3.8) is 0 Å². The molecule has 0 amide bonds. The minimum Gasteiger partial charge on any atom is -0.356 e. The summed E-state index contributed by atoms with van der Waals surface area (Å²) >= 11 is 0. The molecule has 0 saturated carbocycles. The molecule has 5 heteroatoms. The van der Waals surface area contributed by atoms with Crippen molar-refractivity contribution in [2.75, 3.05) is 18.0 Å². The summed E-state index contributed by atoms with van der Waals surface area (Å²) in [5, 5.41) is 0. The Bertz CT molecular complexity index is 376. The highest BCUT2D eigenvalue weighted by atomic mass is 19.4. The molecule has 1 aromatic rings. The summed E-state index contributed by atoms with van der Waals surface area (Å²) in [6.45, 7) is 2.36. The number of hydrogen-bond donors (Lipinski definition) is 0. The maximum atomic E-state index is 12.5. The maximum absolute atomic E-state index is 12.5. The third-order valence-electron chi connectivity index (χ3n) is 2.88. The molecule has 0 bridgehead atoms. The second kappa shape index (κ2) is 3.96. The first-order valence-corrected chi connectivity index (χ1v) is 5.21. The Morgan fingerprint density at radius 2 is 2.19 bits per heavy atom. The van der Waals surface area contributed by atoms with Gasteiger partial charge in [-0.2, -0.15) is 13.2 Å². The van der Waals surface area contributed by atoms with Crippen LogP contribution in [0.15, 0.2) is 18.3 Å². The zero-order valence-electron chi connectivity index (χ0n) is 8.96. The third kappa shape index (κ3) is 2.28. The van der Waals surface area contributed by atoms with Crippen LogP contribution in [0.2, 0.25) is 0 Å². The van der Waals surface area contributed by atoms with Crippen LogP contribution in [-0.4, -0.2) is 24.2 Å². The number of nitrogens with zero attached hydrogens (tertiary/aromatic N) is 2. The molecule has 1 fully saturated rings.